The van der Waals surface area contributed by atoms with E-state index in [0.29, 0.717) is 63.4 Å². The van der Waals surface area contributed by atoms with E-state index in [2.05, 4.69) is 0 Å². The zero-order valence-corrected chi connectivity index (χ0v) is 45.0. The molecule has 0 aromatic rings. The SMILES string of the molecule is COC1CC2CCC(C)C(O)(O2)C(=O)C(=O)N2CCCCC2C(=O)OC(C(C)CC2CCC(OC(=O)C(C)(CO)CO)C(OC)C2)CC(=O)C(C)C=C(C)C(O)C(CO)C(=O)C(C)CC(C)C=CC=CC=C1C. The van der Waals surface area contributed by atoms with Crippen LogP contribution in [-0.4, -0.2) is 155 Å². The number of hydrogen-bond acceptors (Lipinski definition) is 16. The molecule has 412 valence electrons. The fourth-order valence-corrected chi connectivity index (χ4v) is 10.8. The number of fused-ring (bicyclic) bond motifs is 3. The molecule has 0 aromatic heterocycles. The summed E-state index contributed by atoms with van der Waals surface area (Å²) in [7, 11) is 3.06. The van der Waals surface area contributed by atoms with Crippen LogP contribution in [0.2, 0.25) is 0 Å². The van der Waals surface area contributed by atoms with Crippen molar-refractivity contribution in [1.29, 1.82) is 0 Å². The fourth-order valence-electron chi connectivity index (χ4n) is 10.8. The minimum absolute atomic E-state index is 0.0330. The standard InChI is InChI=1S/C56H87NO16/c1-33-16-12-11-13-17-34(2)46(69-9)28-41-21-19-39(7)56(68,73-41)51(64)52(65)57-23-15-14-18-43(57)53(66)71-47(29-44(61)35(3)25-38(6)50(63)42(30-58)49(62)37(5)24-33)36(4)26-40-20-22-45(48(27-40)70-10)72-54(67)55(8,31-59)32-60/h11-13,16-17,25,33,35-37,39-43,45-48,50,58-60,63,68H,14-15,18-24,26-32H2,1-10H3. The second-order valence-corrected chi connectivity index (χ2v) is 22.0. The lowest BCUT2D eigenvalue weighted by Gasteiger charge is -2.42. The van der Waals surface area contributed by atoms with Gasteiger partial charge in [0.15, 0.2) is 0 Å². The fraction of sp³-hybridized carbons (Fsp3) is 0.750. The van der Waals surface area contributed by atoms with Crippen molar-refractivity contribution in [2.24, 2.45) is 46.8 Å². The number of cyclic esters (lactones) is 1. The predicted octanol–water partition coefficient (Wildman–Crippen LogP) is 5.32. The van der Waals surface area contributed by atoms with Crippen LogP contribution in [0.1, 0.15) is 132 Å². The van der Waals surface area contributed by atoms with Crippen molar-refractivity contribution in [1.82, 2.24) is 4.90 Å². The van der Waals surface area contributed by atoms with Gasteiger partial charge >= 0.3 is 11.9 Å². The van der Waals surface area contributed by atoms with E-state index >= 15 is 0 Å². The minimum Gasteiger partial charge on any atom is -0.460 e. The van der Waals surface area contributed by atoms with Crippen LogP contribution in [0.3, 0.4) is 0 Å². The number of esters is 2. The highest BCUT2D eigenvalue weighted by molar-refractivity contribution is 6.39. The topological polar surface area (TPSA) is 253 Å². The molecule has 1 amide bonds. The van der Waals surface area contributed by atoms with Crippen molar-refractivity contribution in [3.63, 3.8) is 0 Å². The molecule has 0 radical (unpaired) electrons. The summed E-state index contributed by atoms with van der Waals surface area (Å²) in [6.07, 6.45) is 10.6. The van der Waals surface area contributed by atoms with E-state index in [0.717, 1.165) is 10.5 Å². The molecule has 4 rings (SSSR count). The van der Waals surface area contributed by atoms with Gasteiger partial charge in [0.05, 0.1) is 50.2 Å². The van der Waals surface area contributed by atoms with Gasteiger partial charge in [0.2, 0.25) is 5.79 Å². The summed E-state index contributed by atoms with van der Waals surface area (Å²) in [5, 5.41) is 53.4. The number of carbonyl (C=O) groups excluding carboxylic acids is 6. The molecular formula is C56H87NO16. The maximum absolute atomic E-state index is 14.5. The molecule has 1 saturated carbocycles. The molecule has 1 aliphatic carbocycles. The Morgan fingerprint density at radius 3 is 2.22 bits per heavy atom. The van der Waals surface area contributed by atoms with Crippen LogP contribution in [0.25, 0.3) is 0 Å². The Bertz CT molecular complexity index is 2010. The molecule has 2 saturated heterocycles. The van der Waals surface area contributed by atoms with Crippen LogP contribution in [-0.2, 0) is 52.5 Å². The molecule has 15 unspecified atom stereocenters. The summed E-state index contributed by atoms with van der Waals surface area (Å²) >= 11 is 0. The number of rotatable bonds is 10. The summed E-state index contributed by atoms with van der Waals surface area (Å²) < 4.78 is 29.8. The van der Waals surface area contributed by atoms with Crippen molar-refractivity contribution in [2.75, 3.05) is 40.6 Å². The number of aliphatic hydroxyl groups excluding tert-OH is 4. The van der Waals surface area contributed by atoms with Gasteiger partial charge < -0.3 is 54.1 Å². The van der Waals surface area contributed by atoms with Crippen molar-refractivity contribution in [3.05, 3.63) is 47.6 Å². The molecule has 4 aliphatic rings. The molecule has 73 heavy (non-hydrogen) atoms. The first-order chi connectivity index (χ1) is 34.5. The first-order valence-electron chi connectivity index (χ1n) is 26.5. The first kappa shape index (κ1) is 61.6. The number of ether oxygens (including phenoxy) is 5. The number of nitrogens with zero attached hydrogens (tertiary/aromatic N) is 1. The lowest BCUT2D eigenvalue weighted by molar-refractivity contribution is -0.265. The average molecular weight is 1030 g/mol. The largest absolute Gasteiger partial charge is 0.460 e. The normalized spacial score (nSPS) is 35.1. The van der Waals surface area contributed by atoms with E-state index < -0.39 is 127 Å². The number of aliphatic hydroxyl groups is 5. The van der Waals surface area contributed by atoms with Gasteiger partial charge in [-0.1, -0.05) is 71.1 Å². The Labute approximate surface area is 432 Å². The molecule has 5 N–H and O–H groups in total. The van der Waals surface area contributed by atoms with Crippen molar-refractivity contribution < 1.29 is 78.0 Å². The van der Waals surface area contributed by atoms with Gasteiger partial charge in [-0.3, -0.25) is 24.0 Å². The summed E-state index contributed by atoms with van der Waals surface area (Å²) in [6, 6.07) is -1.21. The van der Waals surface area contributed by atoms with E-state index in [4.69, 9.17) is 23.7 Å². The van der Waals surface area contributed by atoms with E-state index in [1.807, 2.05) is 51.2 Å². The van der Waals surface area contributed by atoms with Crippen LogP contribution >= 0.6 is 0 Å². The van der Waals surface area contributed by atoms with E-state index in [1.165, 1.54) is 14.0 Å². The number of Topliss-reactive ketones (excluding diaryl/α,β-unsaturated/α-hetero) is 3. The molecule has 17 heteroatoms. The van der Waals surface area contributed by atoms with E-state index in [1.54, 1.807) is 40.9 Å². The van der Waals surface area contributed by atoms with Gasteiger partial charge in [-0.15, -0.1) is 0 Å². The molecular weight excluding hydrogens is 943 g/mol. The maximum atomic E-state index is 14.5. The van der Waals surface area contributed by atoms with Crippen LogP contribution in [0.5, 0.6) is 0 Å². The Kier molecular flexibility index (Phi) is 23.9. The zero-order valence-electron chi connectivity index (χ0n) is 45.0. The van der Waals surface area contributed by atoms with Gasteiger partial charge in [-0.2, -0.15) is 0 Å². The Morgan fingerprint density at radius 2 is 1.58 bits per heavy atom. The van der Waals surface area contributed by atoms with E-state index in [9.17, 15) is 54.3 Å². The highest BCUT2D eigenvalue weighted by Gasteiger charge is 2.53. The minimum atomic E-state index is -2.47. The van der Waals surface area contributed by atoms with Crippen LogP contribution in [0.4, 0.5) is 0 Å². The molecule has 3 fully saturated rings. The summed E-state index contributed by atoms with van der Waals surface area (Å²) in [4.78, 5) is 85.3. The zero-order chi connectivity index (χ0) is 54.4. The van der Waals surface area contributed by atoms with Gasteiger partial charge in [-0.05, 0) is 114 Å². The first-order valence-corrected chi connectivity index (χ1v) is 26.5. The van der Waals surface area contributed by atoms with Gasteiger partial charge in [0.1, 0.15) is 35.2 Å². The Morgan fingerprint density at radius 1 is 0.877 bits per heavy atom. The number of hydrogen-bond donors (Lipinski definition) is 5. The second kappa shape index (κ2) is 28.3. The third kappa shape index (κ3) is 16.0. The van der Waals surface area contributed by atoms with Crippen LogP contribution < -0.4 is 0 Å². The highest BCUT2D eigenvalue weighted by atomic mass is 16.6. The summed E-state index contributed by atoms with van der Waals surface area (Å²) in [6.45, 7) is 12.0. The monoisotopic (exact) mass is 1030 g/mol. The van der Waals surface area contributed by atoms with Crippen molar-refractivity contribution in [2.45, 2.75) is 181 Å². The highest BCUT2D eigenvalue weighted by Crippen LogP contribution is 2.38. The lowest BCUT2D eigenvalue weighted by atomic mass is 9.78. The molecule has 15 atom stereocenters. The molecule has 3 aliphatic heterocycles. The van der Waals surface area contributed by atoms with Gasteiger partial charge in [0, 0.05) is 51.4 Å². The number of amides is 1. The smallest absolute Gasteiger partial charge is 0.329 e. The quantitative estimate of drug-likeness (QED) is 0.106. The van der Waals surface area contributed by atoms with Crippen LogP contribution in [0, 0.1) is 46.8 Å². The average Bonchev–Trinajstić information content (AvgIpc) is 3.37. The molecule has 0 spiro atoms. The van der Waals surface area contributed by atoms with Crippen LogP contribution in [0.15, 0.2) is 47.6 Å². The maximum Gasteiger partial charge on any atom is 0.329 e. The number of piperidine rings is 1. The third-order valence-corrected chi connectivity index (χ3v) is 16.0. The van der Waals surface area contributed by atoms with Crippen molar-refractivity contribution >= 4 is 35.2 Å². The molecule has 3 heterocycles. The Hall–Kier alpha value is -3.94. The number of ketones is 3. The number of methoxy groups -OCH3 is 2. The van der Waals surface area contributed by atoms with Gasteiger partial charge in [0.25, 0.3) is 11.7 Å². The predicted molar refractivity (Wildman–Crippen MR) is 271 cm³/mol. The summed E-state index contributed by atoms with van der Waals surface area (Å²) in [5.74, 6) is -10.7. The molecule has 2 bridgehead atoms. The van der Waals surface area contributed by atoms with E-state index in [-0.39, 0.29) is 49.2 Å². The van der Waals surface area contributed by atoms with Gasteiger partial charge in [-0.25, -0.2) is 4.79 Å². The third-order valence-electron chi connectivity index (χ3n) is 16.0. The number of carbonyl (C=O) groups is 6. The second-order valence-electron chi connectivity index (χ2n) is 22.0. The molecule has 17 nitrogen and oxygen atoms in total. The number of allylic oxidation sites excluding steroid dienone is 6. The van der Waals surface area contributed by atoms with Crippen molar-refractivity contribution in [3.8, 4) is 0 Å². The lowest BCUT2D eigenvalue weighted by Crippen LogP contribution is -2.61. The summed E-state index contributed by atoms with van der Waals surface area (Å²) in [5.41, 5.74) is -0.327. The molecule has 0 aromatic carbocycles. The Balaban J connectivity index is 1.69.